The zero-order valence-corrected chi connectivity index (χ0v) is 16.7. The van der Waals surface area contributed by atoms with E-state index in [-0.39, 0.29) is 0 Å². The fourth-order valence-corrected chi connectivity index (χ4v) is 3.83. The van der Waals surface area contributed by atoms with Crippen molar-refractivity contribution in [3.63, 3.8) is 0 Å². The molecule has 28 heavy (non-hydrogen) atoms. The van der Waals surface area contributed by atoms with Crippen LogP contribution in [0.2, 0.25) is 0 Å². The lowest BCUT2D eigenvalue weighted by Crippen LogP contribution is -2.34. The summed E-state index contributed by atoms with van der Waals surface area (Å²) in [6, 6.07) is 8.27. The molecular weight excluding hydrogens is 348 g/mol. The van der Waals surface area contributed by atoms with Gasteiger partial charge in [0.05, 0.1) is 18.1 Å². The first-order valence-corrected chi connectivity index (χ1v) is 10.1. The third-order valence-electron chi connectivity index (χ3n) is 5.40. The van der Waals surface area contributed by atoms with Gasteiger partial charge in [-0.1, -0.05) is 6.07 Å². The van der Waals surface area contributed by atoms with Crippen molar-refractivity contribution in [3.8, 4) is 0 Å². The molecular formula is C22H28N6. The van der Waals surface area contributed by atoms with Crippen LogP contribution in [-0.4, -0.2) is 37.7 Å². The number of likely N-dealkylation sites (tertiary alicyclic amines) is 1. The number of piperidine rings is 1. The van der Waals surface area contributed by atoms with E-state index >= 15 is 0 Å². The highest BCUT2D eigenvalue weighted by Gasteiger charge is 2.22. The molecule has 0 aliphatic carbocycles. The highest BCUT2D eigenvalue weighted by atomic mass is 15.3. The van der Waals surface area contributed by atoms with E-state index in [1.807, 2.05) is 23.1 Å². The predicted octanol–water partition coefficient (Wildman–Crippen LogP) is 4.12. The SMILES string of the molecule is CCn1cc(CN2CCCC(c3ccc(Nc4ncccc4C)cn3)C2)cn1. The van der Waals surface area contributed by atoms with E-state index in [1.54, 1.807) is 6.20 Å². The van der Waals surface area contributed by atoms with Gasteiger partial charge >= 0.3 is 0 Å². The van der Waals surface area contributed by atoms with Gasteiger partial charge in [-0.2, -0.15) is 5.10 Å². The van der Waals surface area contributed by atoms with E-state index in [0.717, 1.165) is 43.2 Å². The van der Waals surface area contributed by atoms with Gasteiger partial charge in [0.25, 0.3) is 0 Å². The van der Waals surface area contributed by atoms with Crippen LogP contribution in [0.1, 0.15) is 42.5 Å². The van der Waals surface area contributed by atoms with Crippen LogP contribution in [0.5, 0.6) is 0 Å². The zero-order valence-electron chi connectivity index (χ0n) is 16.7. The Kier molecular flexibility index (Phi) is 5.67. The second-order valence-electron chi connectivity index (χ2n) is 7.54. The van der Waals surface area contributed by atoms with Crippen molar-refractivity contribution in [1.82, 2.24) is 24.6 Å². The summed E-state index contributed by atoms with van der Waals surface area (Å²) >= 11 is 0. The molecule has 1 unspecified atom stereocenters. The van der Waals surface area contributed by atoms with Crippen molar-refractivity contribution >= 4 is 11.5 Å². The molecule has 146 valence electrons. The van der Waals surface area contributed by atoms with Crippen molar-refractivity contribution in [1.29, 1.82) is 0 Å². The number of aryl methyl sites for hydroxylation is 2. The Morgan fingerprint density at radius 3 is 2.86 bits per heavy atom. The molecule has 1 fully saturated rings. The topological polar surface area (TPSA) is 58.9 Å². The lowest BCUT2D eigenvalue weighted by atomic mass is 9.94. The molecule has 1 saturated heterocycles. The normalized spacial score (nSPS) is 17.6. The number of nitrogens with one attached hydrogen (secondary N) is 1. The summed E-state index contributed by atoms with van der Waals surface area (Å²) in [5.74, 6) is 1.37. The van der Waals surface area contributed by atoms with Gasteiger partial charge in [0, 0.05) is 49.2 Å². The van der Waals surface area contributed by atoms with Crippen molar-refractivity contribution in [2.24, 2.45) is 0 Å². The number of anilines is 2. The van der Waals surface area contributed by atoms with Gasteiger partial charge in [-0.3, -0.25) is 14.6 Å². The van der Waals surface area contributed by atoms with Crippen LogP contribution < -0.4 is 5.32 Å². The fourth-order valence-electron chi connectivity index (χ4n) is 3.83. The van der Waals surface area contributed by atoms with E-state index < -0.39 is 0 Å². The smallest absolute Gasteiger partial charge is 0.133 e. The summed E-state index contributed by atoms with van der Waals surface area (Å²) in [7, 11) is 0. The van der Waals surface area contributed by atoms with Crippen LogP contribution in [0.4, 0.5) is 11.5 Å². The number of rotatable bonds is 6. The largest absolute Gasteiger partial charge is 0.339 e. The highest BCUT2D eigenvalue weighted by molar-refractivity contribution is 5.57. The second kappa shape index (κ2) is 8.52. The molecule has 1 N–H and O–H groups in total. The van der Waals surface area contributed by atoms with Gasteiger partial charge in [-0.05, 0) is 57.0 Å². The Morgan fingerprint density at radius 2 is 2.11 bits per heavy atom. The molecule has 4 rings (SSSR count). The standard InChI is InChI=1S/C22H28N6/c1-3-28-15-18(12-25-28)14-27-11-5-7-19(16-27)21-9-8-20(13-24-21)26-22-17(2)6-4-10-23-22/h4,6,8-10,12-13,15,19H,3,5,7,11,14,16H2,1-2H3,(H,23,26). The van der Waals surface area contributed by atoms with E-state index in [0.29, 0.717) is 5.92 Å². The molecule has 1 atom stereocenters. The third-order valence-corrected chi connectivity index (χ3v) is 5.40. The maximum atomic E-state index is 4.75. The van der Waals surface area contributed by atoms with Crippen molar-refractivity contribution in [3.05, 3.63) is 65.9 Å². The molecule has 0 aromatic carbocycles. The van der Waals surface area contributed by atoms with Gasteiger partial charge in [0.15, 0.2) is 0 Å². The van der Waals surface area contributed by atoms with Crippen LogP contribution >= 0.6 is 0 Å². The maximum Gasteiger partial charge on any atom is 0.133 e. The Bertz CT molecular complexity index is 901. The first kappa shape index (κ1) is 18.6. The van der Waals surface area contributed by atoms with Crippen LogP contribution in [0.25, 0.3) is 0 Å². The van der Waals surface area contributed by atoms with Crippen LogP contribution in [0.3, 0.4) is 0 Å². The molecule has 3 aromatic rings. The molecule has 6 nitrogen and oxygen atoms in total. The number of pyridine rings is 2. The van der Waals surface area contributed by atoms with Crippen molar-refractivity contribution < 1.29 is 0 Å². The molecule has 6 heteroatoms. The highest BCUT2D eigenvalue weighted by Crippen LogP contribution is 2.27. The first-order valence-electron chi connectivity index (χ1n) is 10.1. The Labute approximate surface area is 166 Å². The van der Waals surface area contributed by atoms with Gasteiger partial charge < -0.3 is 5.32 Å². The van der Waals surface area contributed by atoms with Gasteiger partial charge in [0.2, 0.25) is 0 Å². The minimum absolute atomic E-state index is 0.487. The summed E-state index contributed by atoms with van der Waals surface area (Å²) in [4.78, 5) is 11.7. The predicted molar refractivity (Wildman–Crippen MR) is 112 cm³/mol. The fraction of sp³-hybridized carbons (Fsp3) is 0.409. The number of nitrogens with zero attached hydrogens (tertiary/aromatic N) is 5. The molecule has 1 aliphatic heterocycles. The molecule has 0 radical (unpaired) electrons. The maximum absolute atomic E-state index is 4.75. The lowest BCUT2D eigenvalue weighted by Gasteiger charge is -2.32. The first-order chi connectivity index (χ1) is 13.7. The molecule has 0 saturated carbocycles. The van der Waals surface area contributed by atoms with Crippen molar-refractivity contribution in [2.75, 3.05) is 18.4 Å². The van der Waals surface area contributed by atoms with Gasteiger partial charge in [0.1, 0.15) is 5.82 Å². The number of hydrogen-bond donors (Lipinski definition) is 1. The van der Waals surface area contributed by atoms with Crippen LogP contribution in [-0.2, 0) is 13.1 Å². The minimum Gasteiger partial charge on any atom is -0.339 e. The monoisotopic (exact) mass is 376 g/mol. The van der Waals surface area contributed by atoms with Crippen LogP contribution in [0, 0.1) is 6.92 Å². The molecule has 4 heterocycles. The molecule has 3 aromatic heterocycles. The minimum atomic E-state index is 0.487. The molecule has 0 bridgehead atoms. The molecule has 1 aliphatic rings. The number of aromatic nitrogens is 4. The average Bonchev–Trinajstić information content (AvgIpc) is 3.18. The van der Waals surface area contributed by atoms with Crippen molar-refractivity contribution in [2.45, 2.75) is 45.7 Å². The van der Waals surface area contributed by atoms with Gasteiger partial charge in [-0.15, -0.1) is 0 Å². The quantitative estimate of drug-likeness (QED) is 0.701. The number of hydrogen-bond acceptors (Lipinski definition) is 5. The lowest BCUT2D eigenvalue weighted by molar-refractivity contribution is 0.198. The summed E-state index contributed by atoms with van der Waals surface area (Å²) in [5, 5.41) is 7.75. The Morgan fingerprint density at radius 1 is 1.18 bits per heavy atom. The summed E-state index contributed by atoms with van der Waals surface area (Å²) in [6.45, 7) is 8.26. The molecule has 0 spiro atoms. The molecule has 0 amide bonds. The van der Waals surface area contributed by atoms with E-state index in [2.05, 4.69) is 58.5 Å². The van der Waals surface area contributed by atoms with E-state index in [4.69, 9.17) is 4.98 Å². The van der Waals surface area contributed by atoms with E-state index in [9.17, 15) is 0 Å². The zero-order chi connectivity index (χ0) is 19.3. The average molecular weight is 377 g/mol. The Balaban J connectivity index is 1.38. The second-order valence-corrected chi connectivity index (χ2v) is 7.54. The van der Waals surface area contributed by atoms with E-state index in [1.165, 1.54) is 24.1 Å². The van der Waals surface area contributed by atoms with Gasteiger partial charge in [-0.25, -0.2) is 4.98 Å². The Hall–Kier alpha value is -2.73. The summed E-state index contributed by atoms with van der Waals surface area (Å²) in [6.07, 6.45) is 10.3. The third kappa shape index (κ3) is 4.39. The summed E-state index contributed by atoms with van der Waals surface area (Å²) < 4.78 is 1.99. The summed E-state index contributed by atoms with van der Waals surface area (Å²) in [5.41, 5.74) is 4.57. The van der Waals surface area contributed by atoms with Crippen LogP contribution in [0.15, 0.2) is 49.1 Å².